The topological polar surface area (TPSA) is 65.7 Å². The molecule has 0 amide bonds. The molecule has 178 valence electrons. The van der Waals surface area contributed by atoms with E-state index in [9.17, 15) is 18.0 Å². The molecule has 35 heavy (non-hydrogen) atoms. The zero-order valence-electron chi connectivity index (χ0n) is 18.6. The van der Waals surface area contributed by atoms with Gasteiger partial charge in [0.15, 0.2) is 17.3 Å². The van der Waals surface area contributed by atoms with Crippen LogP contribution in [-0.4, -0.2) is 29.6 Å². The standard InChI is InChI=1S/C26H20F3N3O3/c1-3-14-35-23-18(9-7-13-22(23)34-2)16-30-32-24(17-8-6-10-19(15-17)26(27,28)29)31-21-12-5-4-11-20(21)25(32)33/h3-13,15-16H,1,14H2,2H3. The molecule has 1 aromatic heterocycles. The van der Waals surface area contributed by atoms with Crippen LogP contribution in [-0.2, 0) is 6.18 Å². The summed E-state index contributed by atoms with van der Waals surface area (Å²) < 4.78 is 52.1. The van der Waals surface area contributed by atoms with Gasteiger partial charge in [-0.1, -0.05) is 43.0 Å². The maximum absolute atomic E-state index is 13.4. The van der Waals surface area contributed by atoms with Crippen molar-refractivity contribution < 1.29 is 22.6 Å². The van der Waals surface area contributed by atoms with Gasteiger partial charge in [0.1, 0.15) is 6.61 Å². The van der Waals surface area contributed by atoms with Crippen LogP contribution in [0.2, 0.25) is 0 Å². The third-order valence-corrected chi connectivity index (χ3v) is 5.09. The van der Waals surface area contributed by atoms with Crippen molar-refractivity contribution in [1.29, 1.82) is 0 Å². The van der Waals surface area contributed by atoms with E-state index in [0.717, 1.165) is 16.8 Å². The number of alkyl halides is 3. The predicted molar refractivity (Wildman–Crippen MR) is 128 cm³/mol. The minimum Gasteiger partial charge on any atom is -0.493 e. The molecule has 0 radical (unpaired) electrons. The fourth-order valence-electron chi connectivity index (χ4n) is 3.46. The Hall–Kier alpha value is -4.40. The number of hydrogen-bond donors (Lipinski definition) is 0. The number of rotatable bonds is 7. The highest BCUT2D eigenvalue weighted by Crippen LogP contribution is 2.32. The Balaban J connectivity index is 1.92. The molecule has 1 heterocycles. The Bertz CT molecular complexity index is 1480. The summed E-state index contributed by atoms with van der Waals surface area (Å²) >= 11 is 0. The first kappa shape index (κ1) is 23.7. The van der Waals surface area contributed by atoms with E-state index in [-0.39, 0.29) is 23.4 Å². The van der Waals surface area contributed by atoms with E-state index in [1.165, 1.54) is 25.5 Å². The summed E-state index contributed by atoms with van der Waals surface area (Å²) in [7, 11) is 1.49. The van der Waals surface area contributed by atoms with Crippen LogP contribution >= 0.6 is 0 Å². The average molecular weight is 479 g/mol. The maximum atomic E-state index is 13.4. The molecule has 0 aliphatic rings. The third-order valence-electron chi connectivity index (χ3n) is 5.09. The molecule has 3 aromatic carbocycles. The molecule has 6 nitrogen and oxygen atoms in total. The lowest BCUT2D eigenvalue weighted by atomic mass is 10.1. The van der Waals surface area contributed by atoms with E-state index in [2.05, 4.69) is 16.7 Å². The Morgan fingerprint density at radius 2 is 1.86 bits per heavy atom. The van der Waals surface area contributed by atoms with Crippen LogP contribution < -0.4 is 15.0 Å². The van der Waals surface area contributed by atoms with Crippen LogP contribution in [0.1, 0.15) is 11.1 Å². The van der Waals surface area contributed by atoms with Gasteiger partial charge in [-0.25, -0.2) is 4.98 Å². The number of hydrogen-bond acceptors (Lipinski definition) is 5. The summed E-state index contributed by atoms with van der Waals surface area (Å²) in [5.74, 6) is 0.784. The number of fused-ring (bicyclic) bond motifs is 1. The summed E-state index contributed by atoms with van der Waals surface area (Å²) in [6.45, 7) is 3.83. The van der Waals surface area contributed by atoms with Crippen LogP contribution in [0.5, 0.6) is 11.5 Å². The lowest BCUT2D eigenvalue weighted by Gasteiger charge is -2.13. The highest BCUT2D eigenvalue weighted by Gasteiger charge is 2.31. The maximum Gasteiger partial charge on any atom is 0.416 e. The molecular formula is C26H20F3N3O3. The zero-order valence-corrected chi connectivity index (χ0v) is 18.6. The molecule has 0 N–H and O–H groups in total. The van der Waals surface area contributed by atoms with E-state index in [1.54, 1.807) is 48.5 Å². The number of aromatic nitrogens is 2. The lowest BCUT2D eigenvalue weighted by Crippen LogP contribution is -2.20. The smallest absolute Gasteiger partial charge is 0.416 e. The monoisotopic (exact) mass is 479 g/mol. The third kappa shape index (κ3) is 4.93. The van der Waals surface area contributed by atoms with Gasteiger partial charge in [-0.05, 0) is 36.4 Å². The van der Waals surface area contributed by atoms with Crippen molar-refractivity contribution in [3.63, 3.8) is 0 Å². The fraction of sp³-hybridized carbons (Fsp3) is 0.115. The van der Waals surface area contributed by atoms with Gasteiger partial charge in [0.25, 0.3) is 5.56 Å². The molecule has 0 unspecified atom stereocenters. The van der Waals surface area contributed by atoms with Crippen molar-refractivity contribution in [1.82, 2.24) is 9.66 Å². The van der Waals surface area contributed by atoms with Gasteiger partial charge in [-0.15, -0.1) is 0 Å². The van der Waals surface area contributed by atoms with E-state index in [1.807, 2.05) is 0 Å². The van der Waals surface area contributed by atoms with Gasteiger partial charge in [-0.2, -0.15) is 22.9 Å². The Kier molecular flexibility index (Phi) is 6.68. The van der Waals surface area contributed by atoms with Crippen LogP contribution in [0.25, 0.3) is 22.3 Å². The number of methoxy groups -OCH3 is 1. The number of benzene rings is 3. The number of nitrogens with zero attached hydrogens (tertiary/aromatic N) is 3. The molecule has 0 atom stereocenters. The molecule has 0 spiro atoms. The number of ether oxygens (including phenoxy) is 2. The van der Waals surface area contributed by atoms with Crippen LogP contribution in [0.15, 0.2) is 89.3 Å². The second-order valence-corrected chi connectivity index (χ2v) is 7.37. The highest BCUT2D eigenvalue weighted by atomic mass is 19.4. The van der Waals surface area contributed by atoms with Crippen molar-refractivity contribution in [3.8, 4) is 22.9 Å². The SMILES string of the molecule is C=CCOc1c(C=Nn2c(-c3cccc(C(F)(F)F)c3)nc3ccccc3c2=O)cccc1OC. The molecule has 0 bridgehead atoms. The van der Waals surface area contributed by atoms with Gasteiger partial charge in [0, 0.05) is 11.1 Å². The minimum atomic E-state index is -4.56. The van der Waals surface area contributed by atoms with Crippen molar-refractivity contribution >= 4 is 17.1 Å². The van der Waals surface area contributed by atoms with Gasteiger partial charge < -0.3 is 9.47 Å². The number of halogens is 3. The molecule has 9 heteroatoms. The largest absolute Gasteiger partial charge is 0.493 e. The van der Waals surface area contributed by atoms with E-state index < -0.39 is 17.3 Å². The van der Waals surface area contributed by atoms with E-state index in [4.69, 9.17) is 9.47 Å². The molecular weight excluding hydrogens is 459 g/mol. The van der Waals surface area contributed by atoms with Crippen molar-refractivity contribution in [2.24, 2.45) is 5.10 Å². The summed E-state index contributed by atoms with van der Waals surface area (Å²) in [6, 6.07) is 16.3. The second-order valence-electron chi connectivity index (χ2n) is 7.37. The van der Waals surface area contributed by atoms with Gasteiger partial charge in [0.05, 0.1) is 29.8 Å². The molecule has 4 aromatic rings. The normalized spacial score (nSPS) is 11.7. The van der Waals surface area contributed by atoms with Crippen molar-refractivity contribution in [3.05, 3.63) is 101 Å². The van der Waals surface area contributed by atoms with E-state index in [0.29, 0.717) is 22.6 Å². The van der Waals surface area contributed by atoms with Crippen molar-refractivity contribution in [2.75, 3.05) is 13.7 Å². The quantitative estimate of drug-likeness (QED) is 0.258. The minimum absolute atomic E-state index is 0.0347. The Morgan fingerprint density at radius 1 is 1.09 bits per heavy atom. The lowest BCUT2D eigenvalue weighted by molar-refractivity contribution is -0.137. The first-order valence-electron chi connectivity index (χ1n) is 10.5. The van der Waals surface area contributed by atoms with Crippen LogP contribution in [0.4, 0.5) is 13.2 Å². The summed E-state index contributed by atoms with van der Waals surface area (Å²) in [5, 5.41) is 4.58. The fourth-order valence-corrected chi connectivity index (χ4v) is 3.46. The summed E-state index contributed by atoms with van der Waals surface area (Å²) in [5.41, 5.74) is -0.473. The average Bonchev–Trinajstić information content (AvgIpc) is 2.86. The zero-order chi connectivity index (χ0) is 25.0. The van der Waals surface area contributed by atoms with Gasteiger partial charge in [0.2, 0.25) is 0 Å². The Morgan fingerprint density at radius 3 is 2.60 bits per heavy atom. The molecule has 0 aliphatic heterocycles. The molecule has 0 saturated carbocycles. The van der Waals surface area contributed by atoms with Crippen molar-refractivity contribution in [2.45, 2.75) is 6.18 Å². The Labute approximate surface area is 198 Å². The van der Waals surface area contributed by atoms with Crippen LogP contribution in [0.3, 0.4) is 0 Å². The van der Waals surface area contributed by atoms with E-state index >= 15 is 0 Å². The predicted octanol–water partition coefficient (Wildman–Crippen LogP) is 5.54. The molecule has 0 saturated heterocycles. The second kappa shape index (κ2) is 9.84. The van der Waals surface area contributed by atoms with Gasteiger partial charge >= 0.3 is 6.18 Å². The first-order valence-corrected chi connectivity index (χ1v) is 10.5. The summed E-state index contributed by atoms with van der Waals surface area (Å²) in [4.78, 5) is 17.8. The molecule has 4 rings (SSSR count). The highest BCUT2D eigenvalue weighted by molar-refractivity contribution is 5.86. The first-order chi connectivity index (χ1) is 16.8. The van der Waals surface area contributed by atoms with Crippen LogP contribution in [0, 0.1) is 0 Å². The molecule has 0 aliphatic carbocycles. The summed E-state index contributed by atoms with van der Waals surface area (Å²) in [6.07, 6.45) is -1.62. The van der Waals surface area contributed by atoms with Gasteiger partial charge in [-0.3, -0.25) is 4.79 Å². The number of para-hydroxylation sites is 2. The molecule has 0 fully saturated rings.